The van der Waals surface area contributed by atoms with Crippen molar-refractivity contribution < 1.29 is 9.18 Å². The molecule has 1 aromatic heterocycles. The number of carbonyl (C=O) groups excluding carboxylic acids is 1. The zero-order valence-corrected chi connectivity index (χ0v) is 8.63. The van der Waals surface area contributed by atoms with Gasteiger partial charge < -0.3 is 5.32 Å². The van der Waals surface area contributed by atoms with Gasteiger partial charge in [0.05, 0.1) is 17.6 Å². The van der Waals surface area contributed by atoms with Gasteiger partial charge in [-0.3, -0.25) is 19.1 Å². The van der Waals surface area contributed by atoms with Crippen LogP contribution in [0.1, 0.15) is 0 Å². The third-order valence-electron chi connectivity index (χ3n) is 2.17. The van der Waals surface area contributed by atoms with E-state index in [1.54, 1.807) is 0 Å². The van der Waals surface area contributed by atoms with Crippen LogP contribution < -0.4 is 10.9 Å². The van der Waals surface area contributed by atoms with E-state index in [1.807, 2.05) is 0 Å². The molecule has 0 fully saturated rings. The first-order valence-corrected chi connectivity index (χ1v) is 4.75. The number of hydrogen-bond acceptors (Lipinski definition) is 3. The molecule has 0 aliphatic heterocycles. The Morgan fingerprint density at radius 1 is 1.41 bits per heavy atom. The molecule has 6 heteroatoms. The summed E-state index contributed by atoms with van der Waals surface area (Å²) in [6.45, 7) is 0. The number of nitrogens with zero attached hydrogens (tertiary/aromatic N) is 2. The molecule has 1 amide bonds. The fourth-order valence-corrected chi connectivity index (χ4v) is 1.40. The lowest BCUT2D eigenvalue weighted by Gasteiger charge is -2.06. The van der Waals surface area contributed by atoms with Gasteiger partial charge in [-0.1, -0.05) is 0 Å². The Balaban J connectivity index is 2.48. The third-order valence-corrected chi connectivity index (χ3v) is 2.17. The highest BCUT2D eigenvalue weighted by atomic mass is 19.1. The number of benzene rings is 1. The molecule has 0 aliphatic carbocycles. The third kappa shape index (κ3) is 2.20. The van der Waals surface area contributed by atoms with Crippen LogP contribution in [0.2, 0.25) is 0 Å². The van der Waals surface area contributed by atoms with Gasteiger partial charge in [0.25, 0.3) is 5.56 Å². The van der Waals surface area contributed by atoms with Gasteiger partial charge in [0.2, 0.25) is 6.41 Å². The van der Waals surface area contributed by atoms with Crippen molar-refractivity contribution in [1.82, 2.24) is 9.55 Å². The van der Waals surface area contributed by atoms with Crippen LogP contribution in [-0.4, -0.2) is 16.0 Å². The highest BCUT2D eigenvalue weighted by Gasteiger charge is 2.05. The summed E-state index contributed by atoms with van der Waals surface area (Å²) in [7, 11) is 0. The molecule has 0 spiro atoms. The van der Waals surface area contributed by atoms with Crippen molar-refractivity contribution >= 4 is 12.1 Å². The van der Waals surface area contributed by atoms with Crippen LogP contribution in [-0.2, 0) is 4.79 Å². The van der Waals surface area contributed by atoms with Crippen LogP contribution in [0.3, 0.4) is 0 Å². The lowest BCUT2D eigenvalue weighted by Crippen LogP contribution is -2.17. The van der Waals surface area contributed by atoms with Crippen molar-refractivity contribution in [3.05, 3.63) is 53.0 Å². The Bertz CT molecular complexity index is 610. The molecule has 0 bridgehead atoms. The van der Waals surface area contributed by atoms with E-state index in [0.29, 0.717) is 12.1 Å². The Morgan fingerprint density at radius 2 is 2.24 bits per heavy atom. The van der Waals surface area contributed by atoms with E-state index in [2.05, 4.69) is 10.3 Å². The number of anilines is 1. The largest absolute Gasteiger partial charge is 0.326 e. The molecule has 2 aromatic rings. The molecule has 5 nitrogen and oxygen atoms in total. The molecule has 86 valence electrons. The summed E-state index contributed by atoms with van der Waals surface area (Å²) in [6, 6.07) is 4.06. The predicted octanol–water partition coefficient (Wildman–Crippen LogP) is 0.940. The molecule has 1 N–H and O–H groups in total. The standard InChI is InChI=1S/C11H8FN3O2/c12-9-5-8(1-2-10(9)14-7-16)15-4-3-13-6-11(15)17/h1-7H,(H,14,16). The molecule has 0 saturated carbocycles. The minimum absolute atomic E-state index is 0.0610. The Labute approximate surface area is 95.5 Å². The average molecular weight is 233 g/mol. The minimum atomic E-state index is -0.613. The molecular formula is C11H8FN3O2. The SMILES string of the molecule is O=CNc1ccc(-n2ccncc2=O)cc1F. The Morgan fingerprint density at radius 3 is 2.88 bits per heavy atom. The van der Waals surface area contributed by atoms with Gasteiger partial charge in [-0.2, -0.15) is 0 Å². The van der Waals surface area contributed by atoms with Crippen molar-refractivity contribution in [1.29, 1.82) is 0 Å². The topological polar surface area (TPSA) is 64.0 Å². The highest BCUT2D eigenvalue weighted by Crippen LogP contribution is 2.16. The quantitative estimate of drug-likeness (QED) is 0.802. The Hall–Kier alpha value is -2.50. The summed E-state index contributed by atoms with van der Waals surface area (Å²) in [4.78, 5) is 25.3. The molecule has 0 saturated heterocycles. The van der Waals surface area contributed by atoms with Gasteiger partial charge in [-0.05, 0) is 12.1 Å². The summed E-state index contributed by atoms with van der Waals surface area (Å²) in [5, 5.41) is 2.21. The number of aromatic nitrogens is 2. The van der Waals surface area contributed by atoms with E-state index in [1.165, 1.54) is 29.1 Å². The van der Waals surface area contributed by atoms with Crippen molar-refractivity contribution in [2.45, 2.75) is 0 Å². The summed E-state index contributed by atoms with van der Waals surface area (Å²) < 4.78 is 14.8. The molecule has 17 heavy (non-hydrogen) atoms. The lowest BCUT2D eigenvalue weighted by atomic mass is 10.2. The van der Waals surface area contributed by atoms with E-state index in [-0.39, 0.29) is 11.2 Å². The highest BCUT2D eigenvalue weighted by molar-refractivity contribution is 5.72. The molecule has 0 atom stereocenters. The Kier molecular flexibility index (Phi) is 2.95. The average Bonchev–Trinajstić information content (AvgIpc) is 2.33. The van der Waals surface area contributed by atoms with Crippen LogP contribution in [0, 0.1) is 5.82 Å². The van der Waals surface area contributed by atoms with Crippen LogP contribution in [0.25, 0.3) is 5.69 Å². The predicted molar refractivity (Wildman–Crippen MR) is 59.5 cm³/mol. The number of hydrogen-bond donors (Lipinski definition) is 1. The molecule has 2 rings (SSSR count). The molecular weight excluding hydrogens is 225 g/mol. The first-order valence-electron chi connectivity index (χ1n) is 4.75. The second-order valence-electron chi connectivity index (χ2n) is 3.21. The minimum Gasteiger partial charge on any atom is -0.326 e. The maximum Gasteiger partial charge on any atom is 0.273 e. The van der Waals surface area contributed by atoms with Gasteiger partial charge in [-0.15, -0.1) is 0 Å². The second kappa shape index (κ2) is 4.56. The van der Waals surface area contributed by atoms with Crippen molar-refractivity contribution in [2.24, 2.45) is 0 Å². The van der Waals surface area contributed by atoms with E-state index in [4.69, 9.17) is 0 Å². The molecule has 1 heterocycles. The lowest BCUT2D eigenvalue weighted by molar-refractivity contribution is -0.105. The number of halogens is 1. The molecule has 1 aromatic carbocycles. The zero-order chi connectivity index (χ0) is 12.3. The number of nitrogens with one attached hydrogen (secondary N) is 1. The number of amides is 1. The second-order valence-corrected chi connectivity index (χ2v) is 3.21. The van der Waals surface area contributed by atoms with Gasteiger partial charge >= 0.3 is 0 Å². The first-order chi connectivity index (χ1) is 8.22. The van der Waals surface area contributed by atoms with Crippen LogP contribution in [0.5, 0.6) is 0 Å². The van der Waals surface area contributed by atoms with Gasteiger partial charge in [-0.25, -0.2) is 4.39 Å². The summed E-state index contributed by atoms with van der Waals surface area (Å²) in [5.41, 5.74) is 0.0696. The van der Waals surface area contributed by atoms with Gasteiger partial charge in [0.1, 0.15) is 5.82 Å². The monoisotopic (exact) mass is 233 g/mol. The summed E-state index contributed by atoms with van der Waals surface area (Å²) in [5.74, 6) is -0.613. The van der Waals surface area contributed by atoms with Crippen molar-refractivity contribution in [2.75, 3.05) is 5.32 Å². The fourth-order valence-electron chi connectivity index (χ4n) is 1.40. The first kappa shape index (κ1) is 11.0. The van der Waals surface area contributed by atoms with E-state index in [9.17, 15) is 14.0 Å². The fraction of sp³-hybridized carbons (Fsp3) is 0. The maximum atomic E-state index is 13.5. The van der Waals surface area contributed by atoms with Crippen molar-refractivity contribution in [3.8, 4) is 5.69 Å². The number of rotatable bonds is 3. The smallest absolute Gasteiger partial charge is 0.273 e. The van der Waals surface area contributed by atoms with Crippen LogP contribution in [0.4, 0.5) is 10.1 Å². The normalized spacial score (nSPS) is 9.94. The molecule has 0 aliphatic rings. The maximum absolute atomic E-state index is 13.5. The van der Waals surface area contributed by atoms with Crippen molar-refractivity contribution in [3.63, 3.8) is 0 Å². The van der Waals surface area contributed by atoms with Crippen LogP contribution >= 0.6 is 0 Å². The van der Waals surface area contributed by atoms with Gasteiger partial charge in [0.15, 0.2) is 0 Å². The van der Waals surface area contributed by atoms with Crippen LogP contribution in [0.15, 0.2) is 41.6 Å². The van der Waals surface area contributed by atoms with E-state index >= 15 is 0 Å². The van der Waals surface area contributed by atoms with E-state index in [0.717, 1.165) is 12.3 Å². The summed E-state index contributed by atoms with van der Waals surface area (Å²) in [6.07, 6.45) is 4.38. The molecule has 0 radical (unpaired) electrons. The summed E-state index contributed by atoms with van der Waals surface area (Å²) >= 11 is 0. The van der Waals surface area contributed by atoms with Gasteiger partial charge in [0, 0.05) is 18.5 Å². The zero-order valence-electron chi connectivity index (χ0n) is 8.63. The number of carbonyl (C=O) groups is 1. The van der Waals surface area contributed by atoms with E-state index < -0.39 is 5.82 Å². The molecule has 0 unspecified atom stereocenters.